The Morgan fingerprint density at radius 1 is 1.50 bits per heavy atom. The molecule has 0 aromatic carbocycles. The van der Waals surface area contributed by atoms with Crippen molar-refractivity contribution in [2.45, 2.75) is 56.3 Å². The molecule has 2 rings (SSSR count). The van der Waals surface area contributed by atoms with Crippen molar-refractivity contribution in [3.8, 4) is 0 Å². The predicted molar refractivity (Wildman–Crippen MR) is 65.3 cm³/mol. The average Bonchev–Trinajstić information content (AvgIpc) is 2.60. The van der Waals surface area contributed by atoms with E-state index in [4.69, 9.17) is 5.11 Å². The van der Waals surface area contributed by atoms with Crippen molar-refractivity contribution in [2.24, 2.45) is 0 Å². The third-order valence-corrected chi connectivity index (χ3v) is 4.30. The lowest BCUT2D eigenvalue weighted by atomic mass is 9.92. The third-order valence-electron chi connectivity index (χ3n) is 2.74. The van der Waals surface area contributed by atoms with Gasteiger partial charge in [0.05, 0.1) is 18.8 Å². The van der Waals surface area contributed by atoms with Gasteiger partial charge in [-0.1, -0.05) is 26.0 Å². The Balaban J connectivity index is 2.00. The van der Waals surface area contributed by atoms with E-state index in [1.54, 1.807) is 0 Å². The van der Waals surface area contributed by atoms with Gasteiger partial charge < -0.3 is 5.11 Å². The maximum Gasteiger partial charge on any atom is 0.108 e. The number of aliphatic hydroxyl groups is 1. The molecule has 4 nitrogen and oxygen atoms in total. The van der Waals surface area contributed by atoms with E-state index in [0.717, 1.165) is 0 Å². The minimum absolute atomic E-state index is 0.0240. The van der Waals surface area contributed by atoms with E-state index in [0.29, 0.717) is 21.7 Å². The van der Waals surface area contributed by atoms with Gasteiger partial charge in [-0.3, -0.25) is 0 Å². The van der Waals surface area contributed by atoms with Gasteiger partial charge in [-0.15, -0.1) is 5.10 Å². The maximum absolute atomic E-state index is 8.95. The van der Waals surface area contributed by atoms with Crippen LogP contribution >= 0.6 is 11.8 Å². The molecule has 0 aliphatic heterocycles. The van der Waals surface area contributed by atoms with Gasteiger partial charge in [0.1, 0.15) is 5.69 Å². The van der Waals surface area contributed by atoms with Crippen molar-refractivity contribution in [3.05, 3.63) is 11.9 Å². The SMILES string of the molecule is CC(C)(C)SC1CCC1n1cc(CO)nn1. The molecule has 1 heterocycles. The van der Waals surface area contributed by atoms with Crippen molar-refractivity contribution in [1.82, 2.24) is 15.0 Å². The number of thioether (sulfide) groups is 1. The fourth-order valence-electron chi connectivity index (χ4n) is 1.89. The zero-order valence-electron chi connectivity index (χ0n) is 10.1. The molecule has 2 atom stereocenters. The highest BCUT2D eigenvalue weighted by atomic mass is 32.2. The molecule has 1 fully saturated rings. The van der Waals surface area contributed by atoms with Gasteiger partial charge in [-0.25, -0.2) is 4.68 Å². The zero-order chi connectivity index (χ0) is 11.8. The van der Waals surface area contributed by atoms with Crippen LogP contribution in [0.3, 0.4) is 0 Å². The first-order valence-electron chi connectivity index (χ1n) is 5.69. The molecular weight excluding hydrogens is 222 g/mol. The van der Waals surface area contributed by atoms with Crippen molar-refractivity contribution in [1.29, 1.82) is 0 Å². The second-order valence-corrected chi connectivity index (χ2v) is 7.33. The van der Waals surface area contributed by atoms with E-state index >= 15 is 0 Å². The van der Waals surface area contributed by atoms with E-state index in [1.165, 1.54) is 12.8 Å². The van der Waals surface area contributed by atoms with Crippen molar-refractivity contribution in [3.63, 3.8) is 0 Å². The molecule has 90 valence electrons. The van der Waals surface area contributed by atoms with E-state index in [1.807, 2.05) is 22.6 Å². The second-order valence-electron chi connectivity index (χ2n) is 5.26. The van der Waals surface area contributed by atoms with Crippen LogP contribution in [0, 0.1) is 0 Å². The van der Waals surface area contributed by atoms with Crippen LogP contribution in [0.2, 0.25) is 0 Å². The van der Waals surface area contributed by atoms with Crippen LogP contribution in [0.1, 0.15) is 45.3 Å². The largest absolute Gasteiger partial charge is 0.390 e. The Morgan fingerprint density at radius 3 is 2.69 bits per heavy atom. The second kappa shape index (κ2) is 4.37. The van der Waals surface area contributed by atoms with Crippen molar-refractivity contribution < 1.29 is 5.11 Å². The van der Waals surface area contributed by atoms with E-state index < -0.39 is 0 Å². The Bertz CT molecular complexity index is 358. The van der Waals surface area contributed by atoms with Crippen LogP contribution in [0.15, 0.2) is 6.20 Å². The standard InChI is InChI=1S/C11H19N3OS/c1-11(2,3)16-10-5-4-9(10)14-6-8(7-15)12-13-14/h6,9-10,15H,4-5,7H2,1-3H3. The molecule has 1 aliphatic rings. The average molecular weight is 241 g/mol. The molecule has 1 aliphatic carbocycles. The fourth-order valence-corrected chi connectivity index (χ4v) is 3.47. The molecule has 1 N–H and O–H groups in total. The topological polar surface area (TPSA) is 50.9 Å². The summed E-state index contributed by atoms with van der Waals surface area (Å²) >= 11 is 2.01. The van der Waals surface area contributed by atoms with Crippen LogP contribution in [-0.2, 0) is 6.61 Å². The molecule has 0 radical (unpaired) electrons. The summed E-state index contributed by atoms with van der Waals surface area (Å²) in [5, 5.41) is 17.6. The van der Waals surface area contributed by atoms with E-state index in [-0.39, 0.29) is 6.61 Å². The summed E-state index contributed by atoms with van der Waals surface area (Å²) in [6.07, 6.45) is 4.28. The number of rotatable bonds is 3. The molecule has 5 heteroatoms. The molecular formula is C11H19N3OS. The minimum Gasteiger partial charge on any atom is -0.390 e. The first-order chi connectivity index (χ1) is 7.49. The highest BCUT2D eigenvalue weighted by molar-refractivity contribution is 8.01. The summed E-state index contributed by atoms with van der Waals surface area (Å²) < 4.78 is 2.21. The summed E-state index contributed by atoms with van der Waals surface area (Å²) in [7, 11) is 0. The van der Waals surface area contributed by atoms with E-state index in [2.05, 4.69) is 31.1 Å². The Kier molecular flexibility index (Phi) is 3.26. The first kappa shape index (κ1) is 11.9. The van der Waals surface area contributed by atoms with Gasteiger partial charge >= 0.3 is 0 Å². The van der Waals surface area contributed by atoms with Gasteiger partial charge in [-0.05, 0) is 12.8 Å². The Morgan fingerprint density at radius 2 is 2.25 bits per heavy atom. The highest BCUT2D eigenvalue weighted by Crippen LogP contribution is 2.45. The summed E-state index contributed by atoms with van der Waals surface area (Å²) in [6.45, 7) is 6.71. The van der Waals surface area contributed by atoms with Gasteiger partial charge in [0, 0.05) is 10.00 Å². The summed E-state index contributed by atoms with van der Waals surface area (Å²) in [6, 6.07) is 0.456. The first-order valence-corrected chi connectivity index (χ1v) is 6.57. The minimum atomic E-state index is -0.0240. The van der Waals surface area contributed by atoms with Crippen molar-refractivity contribution >= 4 is 11.8 Å². The van der Waals surface area contributed by atoms with Gasteiger partial charge in [0.25, 0.3) is 0 Å². The summed E-state index contributed by atoms with van der Waals surface area (Å²) in [4.78, 5) is 0. The lowest BCUT2D eigenvalue weighted by Gasteiger charge is -2.39. The molecule has 0 saturated heterocycles. The van der Waals surface area contributed by atoms with Crippen LogP contribution in [0.4, 0.5) is 0 Å². The van der Waals surface area contributed by atoms with Crippen molar-refractivity contribution in [2.75, 3.05) is 0 Å². The Hall–Kier alpha value is -0.550. The highest BCUT2D eigenvalue weighted by Gasteiger charge is 2.36. The molecule has 1 saturated carbocycles. The Labute approximate surface area is 100 Å². The van der Waals surface area contributed by atoms with Crippen LogP contribution < -0.4 is 0 Å². The van der Waals surface area contributed by atoms with Crippen LogP contribution in [0.25, 0.3) is 0 Å². The van der Waals surface area contributed by atoms with Gasteiger partial charge in [0.2, 0.25) is 0 Å². The smallest absolute Gasteiger partial charge is 0.108 e. The number of aromatic nitrogens is 3. The molecule has 16 heavy (non-hydrogen) atoms. The molecule has 1 aromatic heterocycles. The van der Waals surface area contributed by atoms with E-state index in [9.17, 15) is 0 Å². The molecule has 0 bridgehead atoms. The normalized spacial score (nSPS) is 25.5. The molecule has 2 unspecified atom stereocenters. The number of aliphatic hydroxyl groups excluding tert-OH is 1. The third kappa shape index (κ3) is 2.58. The zero-order valence-corrected chi connectivity index (χ0v) is 10.9. The quantitative estimate of drug-likeness (QED) is 0.879. The number of hydrogen-bond donors (Lipinski definition) is 1. The lowest BCUT2D eigenvalue weighted by Crippen LogP contribution is -2.34. The predicted octanol–water partition coefficient (Wildman–Crippen LogP) is 2.01. The molecule has 0 spiro atoms. The van der Waals surface area contributed by atoms with Crippen LogP contribution in [-0.4, -0.2) is 30.1 Å². The molecule has 0 amide bonds. The maximum atomic E-state index is 8.95. The lowest BCUT2D eigenvalue weighted by molar-refractivity contribution is 0.276. The monoisotopic (exact) mass is 241 g/mol. The summed E-state index contributed by atoms with van der Waals surface area (Å²) in [5.74, 6) is 0. The summed E-state index contributed by atoms with van der Waals surface area (Å²) in [5.41, 5.74) is 0.659. The van der Waals surface area contributed by atoms with Crippen LogP contribution in [0.5, 0.6) is 0 Å². The number of nitrogens with zero attached hydrogens (tertiary/aromatic N) is 3. The van der Waals surface area contributed by atoms with Gasteiger partial charge in [-0.2, -0.15) is 11.8 Å². The molecule has 1 aromatic rings. The fraction of sp³-hybridized carbons (Fsp3) is 0.818. The number of hydrogen-bond acceptors (Lipinski definition) is 4. The van der Waals surface area contributed by atoms with Gasteiger partial charge in [0.15, 0.2) is 0 Å².